The zero-order valence-corrected chi connectivity index (χ0v) is 9.53. The van der Waals surface area contributed by atoms with E-state index in [9.17, 15) is 0 Å². The molecule has 0 fully saturated rings. The fourth-order valence-corrected chi connectivity index (χ4v) is 1.15. The van der Waals surface area contributed by atoms with Crippen LogP contribution >= 0.6 is 0 Å². The molecule has 0 unspecified atom stereocenters. The average molecular weight is 198 g/mol. The van der Waals surface area contributed by atoms with Crippen LogP contribution in [0.3, 0.4) is 0 Å². The molecule has 2 heteroatoms. The summed E-state index contributed by atoms with van der Waals surface area (Å²) >= 11 is 0. The van der Waals surface area contributed by atoms with Crippen molar-refractivity contribution < 1.29 is 9.47 Å². The quantitative estimate of drug-likeness (QED) is 0.558. The predicted octanol–water partition coefficient (Wildman–Crippen LogP) is 2.95. The van der Waals surface area contributed by atoms with Crippen molar-refractivity contribution in [1.29, 1.82) is 0 Å². The minimum atomic E-state index is 0.230. The number of allylic oxidation sites excluding steroid dienone is 1. The van der Waals surface area contributed by atoms with Crippen molar-refractivity contribution in [3.63, 3.8) is 0 Å². The van der Waals surface area contributed by atoms with Gasteiger partial charge < -0.3 is 9.47 Å². The molecule has 0 rings (SSSR count). The van der Waals surface area contributed by atoms with Gasteiger partial charge in [-0.1, -0.05) is 18.2 Å². The van der Waals surface area contributed by atoms with Gasteiger partial charge in [0.25, 0.3) is 0 Å². The monoisotopic (exact) mass is 198 g/mol. The molecule has 0 aromatic heterocycles. The van der Waals surface area contributed by atoms with Crippen LogP contribution in [0.5, 0.6) is 0 Å². The van der Waals surface area contributed by atoms with E-state index in [0.29, 0.717) is 13.2 Å². The maximum Gasteiger partial charge on any atom is 0.0651 e. The lowest BCUT2D eigenvalue weighted by molar-refractivity contribution is 0.0150. The molecule has 0 aliphatic carbocycles. The van der Waals surface area contributed by atoms with Gasteiger partial charge in [-0.25, -0.2) is 0 Å². The Bertz CT molecular complexity index is 164. The van der Waals surface area contributed by atoms with Crippen molar-refractivity contribution in [3.8, 4) is 0 Å². The van der Waals surface area contributed by atoms with Crippen LogP contribution in [0.15, 0.2) is 24.8 Å². The zero-order valence-electron chi connectivity index (χ0n) is 9.53. The van der Waals surface area contributed by atoms with E-state index in [4.69, 9.17) is 9.47 Å². The summed E-state index contributed by atoms with van der Waals surface area (Å²) in [6.07, 6.45) is 7.16. The highest BCUT2D eigenvalue weighted by molar-refractivity contribution is 4.76. The van der Waals surface area contributed by atoms with E-state index in [1.165, 1.54) is 0 Å². The molecule has 0 amide bonds. The topological polar surface area (TPSA) is 18.5 Å². The molecule has 0 bridgehead atoms. The van der Waals surface area contributed by atoms with Crippen LogP contribution in [0, 0.1) is 0 Å². The first-order valence-electron chi connectivity index (χ1n) is 5.16. The van der Waals surface area contributed by atoms with Crippen LogP contribution < -0.4 is 0 Å². The number of hydrogen-bond donors (Lipinski definition) is 0. The first-order valence-corrected chi connectivity index (χ1v) is 5.16. The van der Waals surface area contributed by atoms with Crippen LogP contribution in [0.25, 0.3) is 0 Å². The summed E-state index contributed by atoms with van der Waals surface area (Å²) < 4.78 is 11.0. The predicted molar refractivity (Wildman–Crippen MR) is 60.5 cm³/mol. The minimum absolute atomic E-state index is 0.230. The number of hydrogen-bond acceptors (Lipinski definition) is 2. The van der Waals surface area contributed by atoms with Gasteiger partial charge in [0, 0.05) is 0 Å². The van der Waals surface area contributed by atoms with Gasteiger partial charge in [0.05, 0.1) is 25.4 Å². The Morgan fingerprint density at radius 2 is 1.71 bits per heavy atom. The maximum atomic E-state index is 5.54. The molecule has 0 heterocycles. The number of ether oxygens (including phenoxy) is 2. The molecule has 0 aliphatic rings. The molecule has 0 N–H and O–H groups in total. The highest BCUT2D eigenvalue weighted by Crippen LogP contribution is 2.05. The molecule has 0 radical (unpaired) electrons. The molecule has 2 nitrogen and oxygen atoms in total. The molecule has 0 saturated heterocycles. The van der Waals surface area contributed by atoms with Crippen molar-refractivity contribution in [2.75, 3.05) is 13.2 Å². The van der Waals surface area contributed by atoms with Crippen LogP contribution in [-0.2, 0) is 9.47 Å². The maximum absolute atomic E-state index is 5.54. The van der Waals surface area contributed by atoms with Gasteiger partial charge in [0.2, 0.25) is 0 Å². The first kappa shape index (κ1) is 13.4. The van der Waals surface area contributed by atoms with E-state index in [-0.39, 0.29) is 12.2 Å². The van der Waals surface area contributed by atoms with Crippen LogP contribution in [0.1, 0.15) is 27.2 Å². The summed E-state index contributed by atoms with van der Waals surface area (Å²) in [5.41, 5.74) is 0. The summed E-state index contributed by atoms with van der Waals surface area (Å²) in [6.45, 7) is 11.0. The Balaban J connectivity index is 3.48. The Morgan fingerprint density at radius 3 is 2.21 bits per heavy atom. The van der Waals surface area contributed by atoms with Gasteiger partial charge in [-0.2, -0.15) is 0 Å². The Morgan fingerprint density at radius 1 is 1.14 bits per heavy atom. The fraction of sp³-hybridized carbons (Fsp3) is 0.667. The van der Waals surface area contributed by atoms with E-state index in [0.717, 1.165) is 6.42 Å². The smallest absolute Gasteiger partial charge is 0.0651 e. The van der Waals surface area contributed by atoms with Crippen molar-refractivity contribution in [2.45, 2.75) is 39.4 Å². The summed E-state index contributed by atoms with van der Waals surface area (Å²) in [7, 11) is 0. The second-order valence-corrected chi connectivity index (χ2v) is 3.38. The largest absolute Gasteiger partial charge is 0.374 e. The van der Waals surface area contributed by atoms with Crippen molar-refractivity contribution >= 4 is 0 Å². The van der Waals surface area contributed by atoms with Crippen LogP contribution in [-0.4, -0.2) is 25.4 Å². The lowest BCUT2D eigenvalue weighted by atomic mass is 10.2. The molecule has 2 atom stereocenters. The molecular formula is C12H22O2. The zero-order chi connectivity index (χ0) is 10.8. The van der Waals surface area contributed by atoms with Gasteiger partial charge >= 0.3 is 0 Å². The van der Waals surface area contributed by atoms with Crippen molar-refractivity contribution in [3.05, 3.63) is 24.8 Å². The molecule has 82 valence electrons. The van der Waals surface area contributed by atoms with Gasteiger partial charge in [-0.05, 0) is 27.2 Å². The fourth-order valence-electron chi connectivity index (χ4n) is 1.15. The van der Waals surface area contributed by atoms with E-state index < -0.39 is 0 Å². The van der Waals surface area contributed by atoms with E-state index in [1.807, 2.05) is 19.1 Å². The summed E-state index contributed by atoms with van der Waals surface area (Å²) in [6, 6.07) is 0. The molecule has 0 saturated carbocycles. The second-order valence-electron chi connectivity index (χ2n) is 3.38. The van der Waals surface area contributed by atoms with E-state index >= 15 is 0 Å². The van der Waals surface area contributed by atoms with E-state index in [1.54, 1.807) is 6.08 Å². The van der Waals surface area contributed by atoms with Gasteiger partial charge in [-0.3, -0.25) is 0 Å². The Labute approximate surface area is 87.6 Å². The standard InChI is InChI=1S/C12H22O2/c1-5-7-9-14-12(4)10-11(3)13-8-6-2/h5-7,11-12H,2,8-10H2,1,3-4H3/b7-5+/t11-,12-/m1/s1. The normalized spacial score (nSPS) is 15.6. The summed E-state index contributed by atoms with van der Waals surface area (Å²) in [4.78, 5) is 0. The third kappa shape index (κ3) is 8.02. The van der Waals surface area contributed by atoms with E-state index in [2.05, 4.69) is 20.4 Å². The molecule has 0 aromatic carbocycles. The molecular weight excluding hydrogens is 176 g/mol. The minimum Gasteiger partial charge on any atom is -0.374 e. The third-order valence-corrected chi connectivity index (χ3v) is 1.88. The average Bonchev–Trinajstić information content (AvgIpc) is 2.15. The lowest BCUT2D eigenvalue weighted by Gasteiger charge is -2.17. The molecule has 0 spiro atoms. The number of rotatable bonds is 8. The Kier molecular flexibility index (Phi) is 8.59. The summed E-state index contributed by atoms with van der Waals surface area (Å²) in [5, 5.41) is 0. The Hall–Kier alpha value is -0.600. The highest BCUT2D eigenvalue weighted by Gasteiger charge is 2.07. The SMILES string of the molecule is C=CCO[C@H](C)C[C@@H](C)OC/C=C/C. The highest BCUT2D eigenvalue weighted by atomic mass is 16.5. The van der Waals surface area contributed by atoms with Crippen molar-refractivity contribution in [1.82, 2.24) is 0 Å². The second kappa shape index (κ2) is 8.97. The van der Waals surface area contributed by atoms with Crippen molar-refractivity contribution in [2.24, 2.45) is 0 Å². The first-order chi connectivity index (χ1) is 6.70. The third-order valence-electron chi connectivity index (χ3n) is 1.88. The lowest BCUT2D eigenvalue weighted by Crippen LogP contribution is -2.18. The summed E-state index contributed by atoms with van der Waals surface area (Å²) in [5.74, 6) is 0. The molecule has 0 aliphatic heterocycles. The van der Waals surface area contributed by atoms with Gasteiger partial charge in [0.1, 0.15) is 0 Å². The van der Waals surface area contributed by atoms with Crippen LogP contribution in [0.2, 0.25) is 0 Å². The molecule has 14 heavy (non-hydrogen) atoms. The molecule has 0 aromatic rings. The van der Waals surface area contributed by atoms with Crippen LogP contribution in [0.4, 0.5) is 0 Å². The van der Waals surface area contributed by atoms with Gasteiger partial charge in [-0.15, -0.1) is 6.58 Å². The van der Waals surface area contributed by atoms with Gasteiger partial charge in [0.15, 0.2) is 0 Å².